The molecule has 5 heterocycles. The van der Waals surface area contributed by atoms with Gasteiger partial charge in [-0.25, -0.2) is 12.7 Å². The second-order valence-corrected chi connectivity index (χ2v) is 15.7. The van der Waals surface area contributed by atoms with Gasteiger partial charge in [-0.1, -0.05) is 88.3 Å². The van der Waals surface area contributed by atoms with Crippen LogP contribution in [0.3, 0.4) is 0 Å². The fraction of sp³-hybridized carbons (Fsp3) is 0.267. The first kappa shape index (κ1) is 24.6. The number of piperazine rings is 1. The van der Waals surface area contributed by atoms with Crippen LogP contribution in [-0.2, 0) is 31.4 Å². The van der Waals surface area contributed by atoms with Gasteiger partial charge in [0.15, 0.2) is 9.74 Å². The van der Waals surface area contributed by atoms with Crippen LogP contribution in [-0.4, -0.2) is 53.0 Å². The number of nitrogens with zero attached hydrogens (tertiary/aromatic N) is 3. The Kier molecular flexibility index (Phi) is 4.76. The number of para-hydroxylation sites is 1. The average molecular weight is 588 g/mol. The minimum Gasteiger partial charge on any atom is -0.319 e. The van der Waals surface area contributed by atoms with Crippen LogP contribution in [0.15, 0.2) is 89.8 Å². The summed E-state index contributed by atoms with van der Waals surface area (Å²) in [6.07, 6.45) is 2.23. The van der Waals surface area contributed by atoms with Crippen LogP contribution in [0.25, 0.3) is 5.57 Å². The third-order valence-corrected chi connectivity index (χ3v) is 14.8. The highest BCUT2D eigenvalue weighted by molar-refractivity contribution is 8.78. The van der Waals surface area contributed by atoms with Crippen molar-refractivity contribution in [1.82, 2.24) is 9.80 Å². The highest BCUT2D eigenvalue weighted by atomic mass is 33.1. The largest absolute Gasteiger partial charge is 0.319 e. The standard InChI is InChI=1S/C30H25N3O4S3/c1-28-26(34)32-25-29(18-30(32,39-38-28)27(35)31(28)2,22-17-16-19-10-6-7-13-21(19)22)23-14-8-9-15-24(23)33(25)40(36,37)20-11-4-3-5-12-20/h3-15,17,25H,16,18H2,1-2H3/t25-,28-,29-,30+/m0/s1. The molecule has 4 saturated heterocycles. The Balaban J connectivity index is 1.47. The van der Waals surface area contributed by atoms with Crippen molar-refractivity contribution in [3.8, 4) is 0 Å². The monoisotopic (exact) mass is 587 g/mol. The summed E-state index contributed by atoms with van der Waals surface area (Å²) >= 11 is 0. The van der Waals surface area contributed by atoms with Crippen LogP contribution in [0.2, 0.25) is 0 Å². The molecule has 3 aromatic rings. The predicted octanol–water partition coefficient (Wildman–Crippen LogP) is 4.61. The first-order valence-corrected chi connectivity index (χ1v) is 16.7. The molecule has 5 aliphatic heterocycles. The Labute approximate surface area is 240 Å². The summed E-state index contributed by atoms with van der Waals surface area (Å²) in [6, 6.07) is 24.1. The summed E-state index contributed by atoms with van der Waals surface area (Å²) in [5.74, 6) is -0.397. The summed E-state index contributed by atoms with van der Waals surface area (Å²) in [5.41, 5.74) is 3.62. The van der Waals surface area contributed by atoms with E-state index < -0.39 is 31.3 Å². The third-order valence-electron chi connectivity index (χ3n) is 9.29. The summed E-state index contributed by atoms with van der Waals surface area (Å²) in [6.45, 7) is 1.76. The quantitative estimate of drug-likeness (QED) is 0.417. The molecule has 2 amide bonds. The van der Waals surface area contributed by atoms with Crippen molar-refractivity contribution in [2.45, 2.75) is 46.0 Å². The lowest BCUT2D eigenvalue weighted by Crippen LogP contribution is -2.76. The normalized spacial score (nSPS) is 31.7. The van der Waals surface area contributed by atoms with Gasteiger partial charge in [-0.2, -0.15) is 0 Å². The van der Waals surface area contributed by atoms with Crippen molar-refractivity contribution >= 4 is 54.7 Å². The Hall–Kier alpha value is -3.21. The van der Waals surface area contributed by atoms with Crippen molar-refractivity contribution in [3.05, 3.63) is 102 Å². The van der Waals surface area contributed by atoms with Crippen LogP contribution >= 0.6 is 21.6 Å². The first-order valence-electron chi connectivity index (χ1n) is 13.1. The number of fused-ring (bicyclic) bond motifs is 6. The highest BCUT2D eigenvalue weighted by Gasteiger charge is 2.79. The van der Waals surface area contributed by atoms with Gasteiger partial charge >= 0.3 is 0 Å². The number of carbonyl (C=O) groups excluding carboxylic acids is 2. The number of hydrogen-bond acceptors (Lipinski definition) is 6. The summed E-state index contributed by atoms with van der Waals surface area (Å²) in [7, 11) is 0.362. The lowest BCUT2D eigenvalue weighted by atomic mass is 9.70. The number of sulfonamides is 1. The Bertz CT molecular complexity index is 1790. The van der Waals surface area contributed by atoms with E-state index in [1.807, 2.05) is 36.4 Å². The van der Waals surface area contributed by atoms with Crippen LogP contribution in [0.4, 0.5) is 5.69 Å². The lowest BCUT2D eigenvalue weighted by Gasteiger charge is -2.58. The van der Waals surface area contributed by atoms with Crippen LogP contribution in [0, 0.1) is 0 Å². The molecule has 4 fully saturated rings. The molecular weight excluding hydrogens is 563 g/mol. The fourth-order valence-corrected chi connectivity index (χ4v) is 12.5. The van der Waals surface area contributed by atoms with Crippen LogP contribution < -0.4 is 4.31 Å². The van der Waals surface area contributed by atoms with E-state index >= 15 is 0 Å². The summed E-state index contributed by atoms with van der Waals surface area (Å²) in [4.78, 5) is 29.7. The molecule has 202 valence electrons. The van der Waals surface area contributed by atoms with E-state index in [2.05, 4.69) is 18.2 Å². The number of amides is 2. The Morgan fingerprint density at radius 1 is 0.875 bits per heavy atom. The first-order chi connectivity index (χ1) is 19.2. The molecule has 0 unspecified atom stereocenters. The topological polar surface area (TPSA) is 78.0 Å². The molecule has 0 saturated carbocycles. The van der Waals surface area contributed by atoms with E-state index in [9.17, 15) is 18.0 Å². The van der Waals surface area contributed by atoms with Gasteiger partial charge in [-0.3, -0.25) is 14.5 Å². The van der Waals surface area contributed by atoms with Gasteiger partial charge in [-0.15, -0.1) is 0 Å². The molecule has 6 aliphatic rings. The molecule has 4 atom stereocenters. The van der Waals surface area contributed by atoms with Gasteiger partial charge in [0.05, 0.1) is 16.0 Å². The number of likely N-dealkylation sites (N-methyl/N-ethyl adjacent to an activating group) is 1. The molecule has 0 N–H and O–H groups in total. The number of rotatable bonds is 3. The predicted molar refractivity (Wildman–Crippen MR) is 157 cm³/mol. The zero-order valence-electron chi connectivity index (χ0n) is 21.8. The smallest absolute Gasteiger partial charge is 0.266 e. The fourth-order valence-electron chi connectivity index (χ4n) is 7.36. The van der Waals surface area contributed by atoms with Gasteiger partial charge in [0.2, 0.25) is 0 Å². The second-order valence-electron chi connectivity index (χ2n) is 11.1. The van der Waals surface area contributed by atoms with E-state index in [4.69, 9.17) is 0 Å². The van der Waals surface area contributed by atoms with Gasteiger partial charge in [0, 0.05) is 13.5 Å². The van der Waals surface area contributed by atoms with E-state index in [0.717, 1.165) is 22.3 Å². The molecule has 9 rings (SSSR count). The average Bonchev–Trinajstić information content (AvgIpc) is 3.61. The molecule has 0 aromatic heterocycles. The zero-order valence-corrected chi connectivity index (χ0v) is 24.2. The molecule has 1 spiro atoms. The Morgan fingerprint density at radius 3 is 2.38 bits per heavy atom. The SMILES string of the molecule is CN1C(=O)[C@]23C[C@]4(C5=CCc6ccccc65)c5ccccc5N(S(=O)(=O)c5ccccc5)[C@@H]4N2C(=O)[C@]1(C)SS3. The van der Waals surface area contributed by atoms with E-state index in [1.54, 1.807) is 54.1 Å². The van der Waals surface area contributed by atoms with Crippen molar-refractivity contribution in [3.63, 3.8) is 0 Å². The molecular formula is C30H25N3O4S3. The van der Waals surface area contributed by atoms with Crippen molar-refractivity contribution in [2.24, 2.45) is 0 Å². The molecule has 1 aliphatic carbocycles. The second kappa shape index (κ2) is 7.74. The molecule has 2 bridgehead atoms. The van der Waals surface area contributed by atoms with Gasteiger partial charge in [0.1, 0.15) is 6.17 Å². The van der Waals surface area contributed by atoms with Crippen LogP contribution in [0.5, 0.6) is 0 Å². The van der Waals surface area contributed by atoms with Crippen molar-refractivity contribution in [1.29, 1.82) is 0 Å². The molecule has 3 aromatic carbocycles. The maximum Gasteiger partial charge on any atom is 0.266 e. The maximum atomic E-state index is 14.6. The zero-order chi connectivity index (χ0) is 27.7. The van der Waals surface area contributed by atoms with Crippen LogP contribution in [0.1, 0.15) is 30.0 Å². The van der Waals surface area contributed by atoms with E-state index in [0.29, 0.717) is 12.1 Å². The third kappa shape index (κ3) is 2.63. The number of hydrogen-bond donors (Lipinski definition) is 0. The number of benzene rings is 3. The minimum absolute atomic E-state index is 0.147. The Morgan fingerprint density at radius 2 is 1.57 bits per heavy atom. The van der Waals surface area contributed by atoms with E-state index in [1.165, 1.54) is 25.9 Å². The van der Waals surface area contributed by atoms with Gasteiger partial charge in [0.25, 0.3) is 21.8 Å². The number of anilines is 1. The van der Waals surface area contributed by atoms with Gasteiger partial charge < -0.3 is 4.90 Å². The molecule has 40 heavy (non-hydrogen) atoms. The molecule has 0 radical (unpaired) electrons. The number of allylic oxidation sites excluding steroid dienone is 1. The highest BCUT2D eigenvalue weighted by Crippen LogP contribution is 2.72. The molecule has 10 heteroatoms. The van der Waals surface area contributed by atoms with Gasteiger partial charge in [-0.05, 0) is 53.8 Å². The summed E-state index contributed by atoms with van der Waals surface area (Å²) < 4.78 is 30.7. The van der Waals surface area contributed by atoms with E-state index in [-0.39, 0.29) is 23.1 Å². The number of carbonyl (C=O) groups is 2. The van der Waals surface area contributed by atoms with Crippen molar-refractivity contribution < 1.29 is 18.0 Å². The summed E-state index contributed by atoms with van der Waals surface area (Å²) in [5, 5.41) is 0. The lowest BCUT2D eigenvalue weighted by molar-refractivity contribution is -0.163. The minimum atomic E-state index is -4.13. The van der Waals surface area contributed by atoms with Crippen molar-refractivity contribution in [2.75, 3.05) is 11.4 Å². The maximum absolute atomic E-state index is 14.6. The molecule has 7 nitrogen and oxygen atoms in total.